The molecule has 0 aliphatic carbocycles. The molecule has 1 aliphatic heterocycles. The number of hydrogen-bond donors (Lipinski definition) is 2. The van der Waals surface area contributed by atoms with Crippen LogP contribution in [0, 0.1) is 0 Å². The quantitative estimate of drug-likeness (QED) is 0.862. The number of carboxylic acids is 1. The fraction of sp³-hybridized carbons (Fsp3) is 0.467. The molecular formula is C15H19NO4. The Morgan fingerprint density at radius 3 is 2.55 bits per heavy atom. The molecule has 20 heavy (non-hydrogen) atoms. The summed E-state index contributed by atoms with van der Waals surface area (Å²) in [6.07, 6.45) is 2.48. The van der Waals surface area contributed by atoms with Gasteiger partial charge in [-0.2, -0.15) is 0 Å². The van der Waals surface area contributed by atoms with Gasteiger partial charge in [-0.3, -0.25) is 4.79 Å². The number of amides is 1. The van der Waals surface area contributed by atoms with Gasteiger partial charge in [0.1, 0.15) is 6.10 Å². The smallest absolute Gasteiger partial charge is 0.335 e. The van der Waals surface area contributed by atoms with Crippen molar-refractivity contribution in [3.8, 4) is 0 Å². The Labute approximate surface area is 117 Å². The van der Waals surface area contributed by atoms with E-state index in [1.165, 1.54) is 12.1 Å². The van der Waals surface area contributed by atoms with Gasteiger partial charge in [0.2, 0.25) is 5.91 Å². The maximum atomic E-state index is 11.9. The molecule has 1 heterocycles. The van der Waals surface area contributed by atoms with Crippen LogP contribution in [0.4, 0.5) is 0 Å². The van der Waals surface area contributed by atoms with Gasteiger partial charge < -0.3 is 15.2 Å². The van der Waals surface area contributed by atoms with Crippen molar-refractivity contribution in [3.05, 3.63) is 35.4 Å². The third-order valence-corrected chi connectivity index (χ3v) is 3.52. The molecule has 5 heteroatoms. The highest BCUT2D eigenvalue weighted by atomic mass is 16.5. The Balaban J connectivity index is 1.83. The fourth-order valence-corrected chi connectivity index (χ4v) is 2.27. The molecule has 1 aromatic rings. The number of hydrogen-bond acceptors (Lipinski definition) is 3. The Morgan fingerprint density at radius 2 is 2.00 bits per heavy atom. The molecule has 1 aromatic carbocycles. The first-order chi connectivity index (χ1) is 9.60. The van der Waals surface area contributed by atoms with E-state index in [2.05, 4.69) is 12.2 Å². The lowest BCUT2D eigenvalue weighted by Gasteiger charge is -2.12. The number of aromatic carboxylic acids is 1. The van der Waals surface area contributed by atoms with Gasteiger partial charge in [-0.05, 0) is 37.0 Å². The van der Waals surface area contributed by atoms with Crippen LogP contribution in [0.2, 0.25) is 0 Å². The average molecular weight is 277 g/mol. The van der Waals surface area contributed by atoms with E-state index < -0.39 is 5.97 Å². The summed E-state index contributed by atoms with van der Waals surface area (Å²) in [5, 5.41) is 11.6. The Bertz CT molecular complexity index is 483. The van der Waals surface area contributed by atoms with Crippen LogP contribution in [0.1, 0.15) is 42.1 Å². The van der Waals surface area contributed by atoms with E-state index in [4.69, 9.17) is 9.84 Å². The van der Waals surface area contributed by atoms with E-state index in [0.717, 1.165) is 24.8 Å². The van der Waals surface area contributed by atoms with E-state index in [-0.39, 0.29) is 23.7 Å². The van der Waals surface area contributed by atoms with Crippen LogP contribution in [0.25, 0.3) is 0 Å². The highest BCUT2D eigenvalue weighted by molar-refractivity contribution is 5.87. The highest BCUT2D eigenvalue weighted by Crippen LogP contribution is 2.21. The lowest BCUT2D eigenvalue weighted by molar-refractivity contribution is -0.132. The van der Waals surface area contributed by atoms with Crippen molar-refractivity contribution in [1.29, 1.82) is 0 Å². The van der Waals surface area contributed by atoms with Crippen LogP contribution in [-0.4, -0.2) is 29.2 Å². The zero-order valence-electron chi connectivity index (χ0n) is 11.5. The minimum absolute atomic E-state index is 0.0942. The molecule has 2 unspecified atom stereocenters. The Kier molecular flexibility index (Phi) is 4.74. The average Bonchev–Trinajstić information content (AvgIpc) is 2.94. The van der Waals surface area contributed by atoms with Gasteiger partial charge in [0.25, 0.3) is 0 Å². The second kappa shape index (κ2) is 6.52. The first-order valence-corrected chi connectivity index (χ1v) is 6.85. The topological polar surface area (TPSA) is 75.6 Å². The summed E-state index contributed by atoms with van der Waals surface area (Å²) < 4.78 is 5.62. The van der Waals surface area contributed by atoms with E-state index in [1.807, 2.05) is 0 Å². The third kappa shape index (κ3) is 3.57. The molecule has 0 radical (unpaired) electrons. The van der Waals surface area contributed by atoms with Gasteiger partial charge in [-0.1, -0.05) is 19.1 Å². The molecule has 2 N–H and O–H groups in total. The normalized spacial score (nSPS) is 21.6. The van der Waals surface area contributed by atoms with Crippen LogP contribution in [0.15, 0.2) is 24.3 Å². The predicted molar refractivity (Wildman–Crippen MR) is 73.4 cm³/mol. The van der Waals surface area contributed by atoms with Gasteiger partial charge in [-0.15, -0.1) is 0 Å². The second-order valence-electron chi connectivity index (χ2n) is 4.95. The zero-order valence-corrected chi connectivity index (χ0v) is 11.5. The van der Waals surface area contributed by atoms with Gasteiger partial charge in [0.05, 0.1) is 11.7 Å². The van der Waals surface area contributed by atoms with Gasteiger partial charge in [0, 0.05) is 6.54 Å². The minimum Gasteiger partial charge on any atom is -0.478 e. The molecule has 1 fully saturated rings. The molecule has 0 aromatic heterocycles. The van der Waals surface area contributed by atoms with Crippen LogP contribution in [0.5, 0.6) is 0 Å². The number of benzene rings is 1. The van der Waals surface area contributed by atoms with Crippen molar-refractivity contribution in [1.82, 2.24) is 5.32 Å². The van der Waals surface area contributed by atoms with Crippen LogP contribution in [-0.2, 0) is 16.1 Å². The van der Waals surface area contributed by atoms with E-state index in [0.29, 0.717) is 6.54 Å². The second-order valence-corrected chi connectivity index (χ2v) is 4.95. The van der Waals surface area contributed by atoms with Crippen LogP contribution < -0.4 is 5.32 Å². The molecule has 0 bridgehead atoms. The molecule has 5 nitrogen and oxygen atoms in total. The van der Waals surface area contributed by atoms with Gasteiger partial charge in [0.15, 0.2) is 0 Å². The zero-order chi connectivity index (χ0) is 14.5. The molecule has 1 saturated heterocycles. The summed E-state index contributed by atoms with van der Waals surface area (Å²) in [6.45, 7) is 2.43. The number of ether oxygens (including phenoxy) is 1. The van der Waals surface area contributed by atoms with E-state index in [9.17, 15) is 9.59 Å². The number of carbonyl (C=O) groups excluding carboxylic acids is 1. The van der Waals surface area contributed by atoms with Crippen molar-refractivity contribution >= 4 is 11.9 Å². The molecule has 0 spiro atoms. The van der Waals surface area contributed by atoms with Crippen molar-refractivity contribution in [2.45, 2.75) is 44.9 Å². The molecule has 108 valence electrons. The summed E-state index contributed by atoms with van der Waals surface area (Å²) in [5.41, 5.74) is 1.11. The van der Waals surface area contributed by atoms with Crippen LogP contribution >= 0.6 is 0 Å². The van der Waals surface area contributed by atoms with Gasteiger partial charge >= 0.3 is 5.97 Å². The standard InChI is InChI=1S/C15H19NO4/c1-2-12-7-8-13(20-12)14(17)16-9-10-3-5-11(6-4-10)15(18)19/h3-6,12-13H,2,7-9H2,1H3,(H,16,17)(H,18,19). The summed E-state index contributed by atoms with van der Waals surface area (Å²) in [6, 6.07) is 6.47. The predicted octanol–water partition coefficient (Wildman–Crippen LogP) is 1.96. The summed E-state index contributed by atoms with van der Waals surface area (Å²) >= 11 is 0. The summed E-state index contributed by atoms with van der Waals surface area (Å²) in [5.74, 6) is -1.05. The first kappa shape index (κ1) is 14.5. The number of carbonyl (C=O) groups is 2. The van der Waals surface area contributed by atoms with E-state index >= 15 is 0 Å². The molecule has 2 rings (SSSR count). The molecular weight excluding hydrogens is 258 g/mol. The SMILES string of the molecule is CCC1CCC(C(=O)NCc2ccc(C(=O)O)cc2)O1. The number of nitrogens with one attached hydrogen (secondary N) is 1. The van der Waals surface area contributed by atoms with Crippen molar-refractivity contribution < 1.29 is 19.4 Å². The Morgan fingerprint density at radius 1 is 1.30 bits per heavy atom. The minimum atomic E-state index is -0.953. The summed E-state index contributed by atoms with van der Waals surface area (Å²) in [7, 11) is 0. The third-order valence-electron chi connectivity index (χ3n) is 3.52. The fourth-order valence-electron chi connectivity index (χ4n) is 2.27. The van der Waals surface area contributed by atoms with Gasteiger partial charge in [-0.25, -0.2) is 4.79 Å². The molecule has 1 aliphatic rings. The van der Waals surface area contributed by atoms with E-state index in [1.54, 1.807) is 12.1 Å². The first-order valence-electron chi connectivity index (χ1n) is 6.85. The van der Waals surface area contributed by atoms with Crippen molar-refractivity contribution in [2.24, 2.45) is 0 Å². The number of rotatable bonds is 5. The monoisotopic (exact) mass is 277 g/mol. The van der Waals surface area contributed by atoms with Crippen molar-refractivity contribution in [3.63, 3.8) is 0 Å². The molecule has 1 amide bonds. The Hall–Kier alpha value is -1.88. The summed E-state index contributed by atoms with van der Waals surface area (Å²) in [4.78, 5) is 22.7. The number of carboxylic acid groups (broad SMARTS) is 1. The maximum Gasteiger partial charge on any atom is 0.335 e. The van der Waals surface area contributed by atoms with Crippen LogP contribution in [0.3, 0.4) is 0 Å². The lowest BCUT2D eigenvalue weighted by Crippen LogP contribution is -2.34. The van der Waals surface area contributed by atoms with Crippen molar-refractivity contribution in [2.75, 3.05) is 0 Å². The molecule has 2 atom stereocenters. The highest BCUT2D eigenvalue weighted by Gasteiger charge is 2.29. The molecule has 0 saturated carbocycles. The lowest BCUT2D eigenvalue weighted by atomic mass is 10.1. The largest absolute Gasteiger partial charge is 0.478 e. The maximum absolute atomic E-state index is 11.9.